The lowest BCUT2D eigenvalue weighted by Crippen LogP contribution is -2.06. The lowest BCUT2D eigenvalue weighted by molar-refractivity contribution is 0.0958. The highest BCUT2D eigenvalue weighted by atomic mass is 32.1. The van der Waals surface area contributed by atoms with E-state index in [9.17, 15) is 4.79 Å². The van der Waals surface area contributed by atoms with E-state index in [0.717, 1.165) is 5.01 Å². The molecule has 0 atom stereocenters. The zero-order valence-corrected chi connectivity index (χ0v) is 9.55. The van der Waals surface area contributed by atoms with Gasteiger partial charge in [0.05, 0.1) is 0 Å². The van der Waals surface area contributed by atoms with Crippen LogP contribution in [0.3, 0.4) is 0 Å². The van der Waals surface area contributed by atoms with Crippen LogP contribution in [0.15, 0.2) is 5.38 Å². The molecule has 1 heterocycles. The van der Waals surface area contributed by atoms with Crippen molar-refractivity contribution in [3.8, 4) is 0 Å². The quantitative estimate of drug-likeness (QED) is 0.799. The Morgan fingerprint density at radius 2 is 2.27 bits per heavy atom. The van der Waals surface area contributed by atoms with Crippen molar-refractivity contribution in [3.05, 3.63) is 16.1 Å². The van der Waals surface area contributed by atoms with E-state index in [4.69, 9.17) is 5.73 Å². The minimum Gasteiger partial charge on any atom is -0.325 e. The highest BCUT2D eigenvalue weighted by Gasteiger charge is 2.20. The van der Waals surface area contributed by atoms with E-state index in [2.05, 4.69) is 4.98 Å². The minimum atomic E-state index is 0.192. The van der Waals surface area contributed by atoms with Crippen molar-refractivity contribution in [3.63, 3.8) is 0 Å². The number of thiazole rings is 1. The summed E-state index contributed by atoms with van der Waals surface area (Å²) in [6, 6.07) is 0. The summed E-state index contributed by atoms with van der Waals surface area (Å²) in [6.45, 7) is 0.432. The summed E-state index contributed by atoms with van der Waals surface area (Å²) in [5.74, 6) is 0.790. The number of nitrogens with two attached hydrogens (primary N) is 1. The molecule has 82 valence electrons. The molecule has 0 bridgehead atoms. The van der Waals surface area contributed by atoms with Crippen LogP contribution in [0.1, 0.15) is 47.6 Å². The molecule has 0 unspecified atom stereocenters. The smallest absolute Gasteiger partial charge is 0.182 e. The number of Topliss-reactive ketones (excluding diaryl/α,β-unsaturated/α-hetero) is 1. The molecule has 0 amide bonds. The van der Waals surface area contributed by atoms with E-state index in [1.165, 1.54) is 37.0 Å². The maximum Gasteiger partial charge on any atom is 0.182 e. The predicted molar refractivity (Wildman–Crippen MR) is 60.9 cm³/mol. The molecule has 1 saturated carbocycles. The van der Waals surface area contributed by atoms with Gasteiger partial charge in [-0.25, -0.2) is 4.98 Å². The minimum absolute atomic E-state index is 0.192. The predicted octanol–water partition coefficient (Wildman–Crippen LogP) is 2.36. The van der Waals surface area contributed by atoms with Gasteiger partial charge in [0, 0.05) is 18.3 Å². The first-order chi connectivity index (χ1) is 7.29. The molecule has 1 aromatic heterocycles. The monoisotopic (exact) mass is 224 g/mol. The molecule has 4 heteroatoms. The van der Waals surface area contributed by atoms with Crippen LogP contribution in [-0.4, -0.2) is 10.8 Å². The summed E-state index contributed by atoms with van der Waals surface area (Å²) >= 11 is 1.48. The van der Waals surface area contributed by atoms with Crippen LogP contribution in [0.5, 0.6) is 0 Å². The van der Waals surface area contributed by atoms with Gasteiger partial charge in [-0.15, -0.1) is 11.3 Å². The van der Waals surface area contributed by atoms with E-state index in [1.807, 2.05) is 5.38 Å². The Morgan fingerprint density at radius 1 is 1.53 bits per heavy atom. The van der Waals surface area contributed by atoms with Gasteiger partial charge in [0.15, 0.2) is 5.78 Å². The third-order valence-corrected chi connectivity index (χ3v) is 3.83. The van der Waals surface area contributed by atoms with Gasteiger partial charge in [0.25, 0.3) is 0 Å². The average Bonchev–Trinajstić information content (AvgIpc) is 2.86. The van der Waals surface area contributed by atoms with Crippen LogP contribution in [-0.2, 0) is 6.54 Å². The number of nitrogens with zero attached hydrogens (tertiary/aromatic N) is 1. The Kier molecular flexibility index (Phi) is 3.49. The molecular formula is C11H16N2OS. The molecule has 0 aromatic carbocycles. The van der Waals surface area contributed by atoms with Gasteiger partial charge in [-0.2, -0.15) is 0 Å². The van der Waals surface area contributed by atoms with Crippen LogP contribution in [0.25, 0.3) is 0 Å². The van der Waals surface area contributed by atoms with Gasteiger partial charge < -0.3 is 5.73 Å². The van der Waals surface area contributed by atoms with E-state index < -0.39 is 0 Å². The molecule has 1 aliphatic rings. The largest absolute Gasteiger partial charge is 0.325 e. The molecule has 3 nitrogen and oxygen atoms in total. The van der Waals surface area contributed by atoms with E-state index in [-0.39, 0.29) is 5.78 Å². The molecule has 1 aliphatic carbocycles. The third-order valence-electron chi connectivity index (χ3n) is 2.96. The van der Waals surface area contributed by atoms with Gasteiger partial charge in [0.2, 0.25) is 0 Å². The molecule has 0 radical (unpaired) electrons. The number of carbonyl (C=O) groups excluding carboxylic acids is 1. The van der Waals surface area contributed by atoms with Crippen LogP contribution in [0.2, 0.25) is 0 Å². The van der Waals surface area contributed by atoms with Crippen molar-refractivity contribution in [2.24, 2.45) is 11.7 Å². The first-order valence-electron chi connectivity index (χ1n) is 5.47. The van der Waals surface area contributed by atoms with Crippen LogP contribution in [0, 0.1) is 5.92 Å². The molecule has 1 fully saturated rings. The van der Waals surface area contributed by atoms with Gasteiger partial charge in [0.1, 0.15) is 10.7 Å². The van der Waals surface area contributed by atoms with Crippen molar-refractivity contribution in [1.82, 2.24) is 4.98 Å². The van der Waals surface area contributed by atoms with E-state index >= 15 is 0 Å². The Hall–Kier alpha value is -0.740. The fourth-order valence-corrected chi connectivity index (χ4v) is 2.79. The molecule has 15 heavy (non-hydrogen) atoms. The van der Waals surface area contributed by atoms with Crippen LogP contribution >= 0.6 is 11.3 Å². The number of ketones is 1. The number of aromatic nitrogens is 1. The standard InChI is InChI=1S/C11H16N2OS/c12-6-11-13-9(7-15-11)10(14)5-8-3-1-2-4-8/h7-8H,1-6,12H2. The molecule has 0 aliphatic heterocycles. The lowest BCUT2D eigenvalue weighted by Gasteiger charge is -2.05. The molecule has 0 saturated heterocycles. The highest BCUT2D eigenvalue weighted by molar-refractivity contribution is 7.09. The SMILES string of the molecule is NCc1nc(C(=O)CC2CCCC2)cs1. The number of carbonyl (C=O) groups is 1. The summed E-state index contributed by atoms with van der Waals surface area (Å²) in [6.07, 6.45) is 5.65. The summed E-state index contributed by atoms with van der Waals surface area (Å²) in [4.78, 5) is 16.0. The van der Waals surface area contributed by atoms with Gasteiger partial charge in [-0.05, 0) is 5.92 Å². The van der Waals surface area contributed by atoms with Gasteiger partial charge >= 0.3 is 0 Å². The lowest BCUT2D eigenvalue weighted by atomic mass is 10.00. The van der Waals surface area contributed by atoms with Gasteiger partial charge in [-0.3, -0.25) is 4.79 Å². The third kappa shape index (κ3) is 2.63. The average molecular weight is 224 g/mol. The first-order valence-corrected chi connectivity index (χ1v) is 6.35. The Morgan fingerprint density at radius 3 is 2.87 bits per heavy atom. The Balaban J connectivity index is 1.94. The van der Waals surface area contributed by atoms with Gasteiger partial charge in [-0.1, -0.05) is 25.7 Å². The van der Waals surface area contributed by atoms with E-state index in [0.29, 0.717) is 24.6 Å². The van der Waals surface area contributed by atoms with Crippen molar-refractivity contribution in [2.45, 2.75) is 38.6 Å². The number of rotatable bonds is 4. The summed E-state index contributed by atoms with van der Waals surface area (Å²) in [5.41, 5.74) is 6.08. The second kappa shape index (κ2) is 4.86. The zero-order chi connectivity index (χ0) is 10.7. The summed E-state index contributed by atoms with van der Waals surface area (Å²) in [5, 5.41) is 2.68. The number of hydrogen-bond donors (Lipinski definition) is 1. The second-order valence-corrected chi connectivity index (χ2v) is 5.05. The van der Waals surface area contributed by atoms with E-state index in [1.54, 1.807) is 0 Å². The van der Waals surface area contributed by atoms with Crippen LogP contribution in [0.4, 0.5) is 0 Å². The summed E-state index contributed by atoms with van der Waals surface area (Å²) < 4.78 is 0. The summed E-state index contributed by atoms with van der Waals surface area (Å²) in [7, 11) is 0. The molecule has 2 rings (SSSR count). The normalized spacial score (nSPS) is 17.1. The molecular weight excluding hydrogens is 208 g/mol. The molecule has 1 aromatic rings. The maximum absolute atomic E-state index is 11.8. The number of hydrogen-bond acceptors (Lipinski definition) is 4. The second-order valence-electron chi connectivity index (χ2n) is 4.11. The Labute approximate surface area is 93.7 Å². The molecule has 0 spiro atoms. The van der Waals surface area contributed by atoms with Crippen molar-refractivity contribution in [1.29, 1.82) is 0 Å². The van der Waals surface area contributed by atoms with Crippen molar-refractivity contribution < 1.29 is 4.79 Å². The zero-order valence-electron chi connectivity index (χ0n) is 8.74. The first kappa shape index (κ1) is 10.8. The fourth-order valence-electron chi connectivity index (χ4n) is 2.11. The fraction of sp³-hybridized carbons (Fsp3) is 0.636. The topological polar surface area (TPSA) is 56.0 Å². The highest BCUT2D eigenvalue weighted by Crippen LogP contribution is 2.28. The Bertz CT molecular complexity index is 342. The molecule has 2 N–H and O–H groups in total. The van der Waals surface area contributed by atoms with Crippen molar-refractivity contribution in [2.75, 3.05) is 0 Å². The maximum atomic E-state index is 11.8. The van der Waals surface area contributed by atoms with Crippen molar-refractivity contribution >= 4 is 17.1 Å². The van der Waals surface area contributed by atoms with Crippen LogP contribution < -0.4 is 5.73 Å².